The van der Waals surface area contributed by atoms with Crippen LogP contribution >= 0.6 is 0 Å². The van der Waals surface area contributed by atoms with E-state index in [0.29, 0.717) is 11.4 Å². The highest BCUT2D eigenvalue weighted by Gasteiger charge is 2.12. The lowest BCUT2D eigenvalue weighted by molar-refractivity contribution is 0.0968. The molecule has 2 aromatic rings. The standard InChI is InChI=1S/C15H15N3O2/c1-10-6-8-11(9-7-10)17-15(20)18-14(19)12-4-2-3-5-13(12)16/h2-9H,16H2,1H3,(H2,17,18,19,20). The first-order chi connectivity index (χ1) is 9.56. The summed E-state index contributed by atoms with van der Waals surface area (Å²) >= 11 is 0. The van der Waals surface area contributed by atoms with Crippen molar-refractivity contribution in [2.75, 3.05) is 11.1 Å². The number of hydrogen-bond acceptors (Lipinski definition) is 3. The van der Waals surface area contributed by atoms with E-state index < -0.39 is 11.9 Å². The van der Waals surface area contributed by atoms with E-state index in [1.165, 1.54) is 0 Å². The van der Waals surface area contributed by atoms with Gasteiger partial charge in [-0.3, -0.25) is 10.1 Å². The number of carbonyl (C=O) groups excluding carboxylic acids is 2. The van der Waals surface area contributed by atoms with Gasteiger partial charge in [-0.1, -0.05) is 29.8 Å². The van der Waals surface area contributed by atoms with Gasteiger partial charge in [-0.05, 0) is 31.2 Å². The molecule has 2 aromatic carbocycles. The van der Waals surface area contributed by atoms with Gasteiger partial charge in [-0.2, -0.15) is 0 Å². The zero-order chi connectivity index (χ0) is 14.5. The number of nitrogens with two attached hydrogens (primary N) is 1. The predicted octanol–water partition coefficient (Wildman–Crippen LogP) is 2.54. The molecule has 5 nitrogen and oxygen atoms in total. The van der Waals surface area contributed by atoms with Gasteiger partial charge >= 0.3 is 6.03 Å². The Bertz CT molecular complexity index is 636. The first kappa shape index (κ1) is 13.6. The molecular formula is C15H15N3O2. The van der Waals surface area contributed by atoms with Gasteiger partial charge in [-0.15, -0.1) is 0 Å². The van der Waals surface area contributed by atoms with Crippen LogP contribution in [0.5, 0.6) is 0 Å². The van der Waals surface area contributed by atoms with E-state index in [1.807, 2.05) is 19.1 Å². The minimum absolute atomic E-state index is 0.270. The molecule has 0 unspecified atom stereocenters. The highest BCUT2D eigenvalue weighted by Crippen LogP contribution is 2.11. The maximum absolute atomic E-state index is 11.9. The zero-order valence-corrected chi connectivity index (χ0v) is 11.0. The Morgan fingerprint density at radius 1 is 1.00 bits per heavy atom. The number of amides is 3. The van der Waals surface area contributed by atoms with Crippen molar-refractivity contribution in [3.8, 4) is 0 Å². The second-order valence-electron chi connectivity index (χ2n) is 4.36. The SMILES string of the molecule is Cc1ccc(NC(=O)NC(=O)c2ccccc2N)cc1. The van der Waals surface area contributed by atoms with Crippen molar-refractivity contribution in [2.24, 2.45) is 0 Å². The van der Waals surface area contributed by atoms with Crippen LogP contribution < -0.4 is 16.4 Å². The van der Waals surface area contributed by atoms with Gasteiger partial charge in [0.1, 0.15) is 0 Å². The first-order valence-electron chi connectivity index (χ1n) is 6.10. The minimum atomic E-state index is -0.595. The lowest BCUT2D eigenvalue weighted by atomic mass is 10.2. The van der Waals surface area contributed by atoms with Crippen molar-refractivity contribution in [3.05, 3.63) is 59.7 Å². The number of aryl methyl sites for hydroxylation is 1. The van der Waals surface area contributed by atoms with E-state index in [1.54, 1.807) is 36.4 Å². The number of benzene rings is 2. The smallest absolute Gasteiger partial charge is 0.326 e. The maximum atomic E-state index is 11.9. The summed E-state index contributed by atoms with van der Waals surface area (Å²) in [5, 5.41) is 4.81. The zero-order valence-electron chi connectivity index (χ0n) is 11.0. The number of carbonyl (C=O) groups is 2. The summed E-state index contributed by atoms with van der Waals surface area (Å²) in [5.74, 6) is -0.535. The third-order valence-corrected chi connectivity index (χ3v) is 2.74. The molecule has 0 atom stereocenters. The third-order valence-electron chi connectivity index (χ3n) is 2.74. The summed E-state index contributed by atoms with van der Waals surface area (Å²) in [4.78, 5) is 23.6. The van der Waals surface area contributed by atoms with Crippen molar-refractivity contribution in [1.29, 1.82) is 0 Å². The van der Waals surface area contributed by atoms with Gasteiger partial charge in [0.25, 0.3) is 5.91 Å². The molecular weight excluding hydrogens is 254 g/mol. The van der Waals surface area contributed by atoms with Crippen molar-refractivity contribution in [3.63, 3.8) is 0 Å². The highest BCUT2D eigenvalue weighted by atomic mass is 16.2. The van der Waals surface area contributed by atoms with E-state index in [-0.39, 0.29) is 5.56 Å². The van der Waals surface area contributed by atoms with Crippen LogP contribution in [0.2, 0.25) is 0 Å². The summed E-state index contributed by atoms with van der Waals surface area (Å²) in [6.45, 7) is 1.95. The van der Waals surface area contributed by atoms with Crippen LogP contribution in [0.15, 0.2) is 48.5 Å². The fourth-order valence-corrected chi connectivity index (χ4v) is 1.67. The van der Waals surface area contributed by atoms with Crippen LogP contribution in [-0.4, -0.2) is 11.9 Å². The Hall–Kier alpha value is -2.82. The molecule has 102 valence electrons. The van der Waals surface area contributed by atoms with Gasteiger partial charge in [0.05, 0.1) is 5.56 Å². The lowest BCUT2D eigenvalue weighted by Crippen LogP contribution is -2.34. The molecule has 4 N–H and O–H groups in total. The maximum Gasteiger partial charge on any atom is 0.326 e. The van der Waals surface area contributed by atoms with Crippen molar-refractivity contribution < 1.29 is 9.59 Å². The topological polar surface area (TPSA) is 84.2 Å². The summed E-state index contributed by atoms with van der Waals surface area (Å²) in [6, 6.07) is 13.2. The lowest BCUT2D eigenvalue weighted by Gasteiger charge is -2.08. The van der Waals surface area contributed by atoms with E-state index in [2.05, 4.69) is 10.6 Å². The van der Waals surface area contributed by atoms with Crippen molar-refractivity contribution in [1.82, 2.24) is 5.32 Å². The number of rotatable bonds is 2. The van der Waals surface area contributed by atoms with E-state index >= 15 is 0 Å². The molecule has 0 aliphatic heterocycles. The molecule has 0 saturated carbocycles. The summed E-state index contributed by atoms with van der Waals surface area (Å²) in [7, 11) is 0. The van der Waals surface area contributed by atoms with Crippen molar-refractivity contribution >= 4 is 23.3 Å². The monoisotopic (exact) mass is 269 g/mol. The van der Waals surface area contributed by atoms with E-state index in [4.69, 9.17) is 5.73 Å². The van der Waals surface area contributed by atoms with Crippen LogP contribution in [0.4, 0.5) is 16.2 Å². The molecule has 5 heteroatoms. The van der Waals surface area contributed by atoms with Crippen LogP contribution in [-0.2, 0) is 0 Å². The highest BCUT2D eigenvalue weighted by molar-refractivity contribution is 6.10. The minimum Gasteiger partial charge on any atom is -0.398 e. The number of anilines is 2. The third kappa shape index (κ3) is 3.35. The number of hydrogen-bond donors (Lipinski definition) is 3. The van der Waals surface area contributed by atoms with Gasteiger partial charge < -0.3 is 11.1 Å². The van der Waals surface area contributed by atoms with Gasteiger partial charge in [0.15, 0.2) is 0 Å². The number of urea groups is 1. The quantitative estimate of drug-likeness (QED) is 0.732. The predicted molar refractivity (Wildman–Crippen MR) is 78.5 cm³/mol. The summed E-state index contributed by atoms with van der Waals surface area (Å²) in [6.07, 6.45) is 0. The van der Waals surface area contributed by atoms with Crippen LogP contribution in [0.1, 0.15) is 15.9 Å². The molecule has 0 aliphatic carbocycles. The molecule has 0 aliphatic rings. The van der Waals surface area contributed by atoms with Gasteiger partial charge in [0, 0.05) is 11.4 Å². The fraction of sp³-hybridized carbons (Fsp3) is 0.0667. The molecule has 2 rings (SSSR count). The second-order valence-corrected chi connectivity index (χ2v) is 4.36. The Labute approximate surface area is 116 Å². The Kier molecular flexibility index (Phi) is 4.00. The molecule has 0 saturated heterocycles. The van der Waals surface area contributed by atoms with Gasteiger partial charge in [0.2, 0.25) is 0 Å². The number of nitrogens with one attached hydrogen (secondary N) is 2. The number of nitrogen functional groups attached to an aromatic ring is 1. The second kappa shape index (κ2) is 5.88. The van der Waals surface area contributed by atoms with Crippen LogP contribution in [0.3, 0.4) is 0 Å². The molecule has 0 spiro atoms. The number of para-hydroxylation sites is 1. The van der Waals surface area contributed by atoms with E-state index in [0.717, 1.165) is 5.56 Å². The molecule has 20 heavy (non-hydrogen) atoms. The Morgan fingerprint density at radius 3 is 2.30 bits per heavy atom. The molecule has 3 amide bonds. The first-order valence-corrected chi connectivity index (χ1v) is 6.10. The largest absolute Gasteiger partial charge is 0.398 e. The Balaban J connectivity index is 2.00. The average molecular weight is 269 g/mol. The van der Waals surface area contributed by atoms with E-state index in [9.17, 15) is 9.59 Å². The molecule has 0 heterocycles. The fourth-order valence-electron chi connectivity index (χ4n) is 1.67. The normalized spacial score (nSPS) is 9.85. The van der Waals surface area contributed by atoms with Crippen molar-refractivity contribution in [2.45, 2.75) is 6.92 Å². The van der Waals surface area contributed by atoms with Crippen LogP contribution in [0.25, 0.3) is 0 Å². The Morgan fingerprint density at radius 2 is 1.65 bits per heavy atom. The van der Waals surface area contributed by atoms with Gasteiger partial charge in [-0.25, -0.2) is 4.79 Å². The molecule has 0 bridgehead atoms. The molecule has 0 aromatic heterocycles. The van der Waals surface area contributed by atoms with Crippen LogP contribution in [0, 0.1) is 6.92 Å². The number of imide groups is 1. The molecule has 0 fully saturated rings. The summed E-state index contributed by atoms with van der Waals surface area (Å²) < 4.78 is 0. The average Bonchev–Trinajstić information content (AvgIpc) is 2.41. The summed E-state index contributed by atoms with van der Waals surface area (Å²) in [5.41, 5.74) is 7.97. The molecule has 0 radical (unpaired) electrons.